The maximum Gasteiger partial charge on any atom is 0.271 e. The molecule has 0 spiro atoms. The fraction of sp³-hybridized carbons (Fsp3) is 0.690. The highest BCUT2D eigenvalue weighted by molar-refractivity contribution is 6.09. The van der Waals surface area contributed by atoms with Crippen LogP contribution in [0.4, 0.5) is 0 Å². The summed E-state index contributed by atoms with van der Waals surface area (Å²) < 4.78 is 11.3. The number of unbranched alkanes of at least 4 members (excludes halogenated alkanes) is 1. The Morgan fingerprint density at radius 1 is 0.945 bits per heavy atom. The number of rotatable bonds is 24. The number of allylic oxidation sites excluding steroid dienone is 2. The highest BCUT2D eigenvalue weighted by atomic mass is 16.5. The summed E-state index contributed by atoms with van der Waals surface area (Å²) in [5.41, 5.74) is 8.79. The molecule has 2 amide bonds. The van der Waals surface area contributed by atoms with Gasteiger partial charge in [0.2, 0.25) is 5.91 Å². The van der Waals surface area contributed by atoms with Crippen LogP contribution in [0.2, 0.25) is 0 Å². The van der Waals surface area contributed by atoms with Crippen LogP contribution < -0.4 is 26.7 Å². The molecule has 55 heavy (non-hydrogen) atoms. The summed E-state index contributed by atoms with van der Waals surface area (Å²) in [5.74, 6) is 6.15. The molecule has 1 atom stereocenters. The first-order valence-corrected chi connectivity index (χ1v) is 20.3. The van der Waals surface area contributed by atoms with Gasteiger partial charge in [0.05, 0.1) is 25.3 Å². The van der Waals surface area contributed by atoms with Crippen molar-refractivity contribution in [2.75, 3.05) is 65.6 Å². The quantitative estimate of drug-likeness (QED) is 0.0359. The average Bonchev–Trinajstić information content (AvgIpc) is 3.12. The van der Waals surface area contributed by atoms with Crippen molar-refractivity contribution in [1.29, 1.82) is 0 Å². The summed E-state index contributed by atoms with van der Waals surface area (Å²) in [5, 5.41) is 4.73. The van der Waals surface area contributed by atoms with Gasteiger partial charge in [0.25, 0.3) is 5.91 Å². The number of nitrogens with one attached hydrogen (secondary N) is 3. The first-order valence-electron chi connectivity index (χ1n) is 20.3. The second kappa shape index (κ2) is 25.6. The number of Topliss-reactive ketones (excluding diaryl/α,β-unsaturated/α-hetero) is 3. The number of benzene rings is 1. The van der Waals surface area contributed by atoms with Gasteiger partial charge in [0.15, 0.2) is 18.2 Å². The molecule has 1 aliphatic carbocycles. The van der Waals surface area contributed by atoms with Crippen molar-refractivity contribution < 1.29 is 33.4 Å². The maximum absolute atomic E-state index is 12.5. The molecule has 13 heteroatoms. The summed E-state index contributed by atoms with van der Waals surface area (Å²) in [7, 11) is 0. The lowest BCUT2D eigenvalue weighted by atomic mass is 9.82. The van der Waals surface area contributed by atoms with Crippen LogP contribution in [0.1, 0.15) is 133 Å². The largest absolute Gasteiger partial charge is 0.483 e. The number of ether oxygens (including phenoxy) is 2. The van der Waals surface area contributed by atoms with Crippen molar-refractivity contribution in [2.45, 2.75) is 113 Å². The SMILES string of the molecule is CCCC(=O)CCC(C)C(C)=C1CCC1.CCCCC(=O)c1cccc(OCC(=O)NNCCOCC(C)(C)CNC(=O)CN2CCN(N)CC2)c1C(C)=O. The molecule has 0 bridgehead atoms. The Hall–Kier alpha value is -3.49. The molecule has 3 rings (SSSR count). The van der Waals surface area contributed by atoms with Gasteiger partial charge in [-0.2, -0.15) is 0 Å². The molecule has 1 aliphatic heterocycles. The Morgan fingerprint density at radius 2 is 1.65 bits per heavy atom. The molecule has 1 unspecified atom stereocenters. The van der Waals surface area contributed by atoms with Gasteiger partial charge in [-0.05, 0) is 64.4 Å². The van der Waals surface area contributed by atoms with Crippen LogP contribution >= 0.6 is 0 Å². The minimum Gasteiger partial charge on any atom is -0.483 e. The van der Waals surface area contributed by atoms with Gasteiger partial charge < -0.3 is 14.8 Å². The smallest absolute Gasteiger partial charge is 0.271 e. The van der Waals surface area contributed by atoms with E-state index in [4.69, 9.17) is 15.3 Å². The molecule has 1 aromatic rings. The third-order valence-corrected chi connectivity index (χ3v) is 10.1. The molecule has 0 aromatic heterocycles. The van der Waals surface area contributed by atoms with Crippen molar-refractivity contribution in [2.24, 2.45) is 17.2 Å². The molecule has 0 radical (unpaired) electrons. The number of hydrazine groups is 2. The highest BCUT2D eigenvalue weighted by Crippen LogP contribution is 2.33. The van der Waals surface area contributed by atoms with E-state index < -0.39 is 5.91 Å². The lowest BCUT2D eigenvalue weighted by Crippen LogP contribution is -2.52. The zero-order valence-electron chi connectivity index (χ0n) is 34.8. The summed E-state index contributed by atoms with van der Waals surface area (Å²) in [6.07, 6.45) is 9.53. The van der Waals surface area contributed by atoms with E-state index in [9.17, 15) is 24.0 Å². The fourth-order valence-electron chi connectivity index (χ4n) is 6.19. The Kier molecular flexibility index (Phi) is 22.2. The van der Waals surface area contributed by atoms with Gasteiger partial charge >= 0.3 is 0 Å². The number of carbonyl (C=O) groups excluding carboxylic acids is 5. The lowest BCUT2D eigenvalue weighted by molar-refractivity contribution is -0.124. The van der Waals surface area contributed by atoms with E-state index in [1.54, 1.807) is 34.4 Å². The van der Waals surface area contributed by atoms with Gasteiger partial charge in [-0.25, -0.2) is 10.4 Å². The van der Waals surface area contributed by atoms with E-state index >= 15 is 0 Å². The van der Waals surface area contributed by atoms with Crippen molar-refractivity contribution in [3.8, 4) is 5.75 Å². The molecule has 310 valence electrons. The van der Waals surface area contributed by atoms with E-state index in [0.717, 1.165) is 64.7 Å². The van der Waals surface area contributed by atoms with Crippen LogP contribution in [0.15, 0.2) is 29.3 Å². The number of ketones is 3. The van der Waals surface area contributed by atoms with Crippen LogP contribution in [0.25, 0.3) is 0 Å². The first-order chi connectivity index (χ1) is 26.2. The third-order valence-electron chi connectivity index (χ3n) is 10.1. The van der Waals surface area contributed by atoms with Crippen molar-refractivity contribution in [3.63, 3.8) is 0 Å². The molecule has 1 aromatic carbocycles. The van der Waals surface area contributed by atoms with Crippen LogP contribution in [-0.2, 0) is 19.1 Å². The van der Waals surface area contributed by atoms with E-state index in [0.29, 0.717) is 56.5 Å². The molecular weight excluding hydrogens is 700 g/mol. The minimum atomic E-state index is -0.437. The van der Waals surface area contributed by atoms with Crippen molar-refractivity contribution in [3.05, 3.63) is 40.5 Å². The zero-order valence-corrected chi connectivity index (χ0v) is 34.8. The van der Waals surface area contributed by atoms with Crippen LogP contribution in [0.5, 0.6) is 5.75 Å². The molecule has 2 aliphatic rings. The molecule has 1 heterocycles. The predicted molar refractivity (Wildman–Crippen MR) is 217 cm³/mol. The van der Waals surface area contributed by atoms with E-state index in [-0.39, 0.29) is 40.8 Å². The van der Waals surface area contributed by atoms with Crippen LogP contribution in [0.3, 0.4) is 0 Å². The van der Waals surface area contributed by atoms with Crippen molar-refractivity contribution >= 4 is 29.2 Å². The molecule has 13 nitrogen and oxygen atoms in total. The molecule has 1 saturated carbocycles. The summed E-state index contributed by atoms with van der Waals surface area (Å²) in [6, 6.07) is 4.84. The number of nitrogens with zero attached hydrogens (tertiary/aromatic N) is 2. The normalized spacial score (nSPS) is 15.2. The van der Waals surface area contributed by atoms with E-state index in [1.807, 2.05) is 20.8 Å². The van der Waals surface area contributed by atoms with Crippen LogP contribution in [0, 0.1) is 11.3 Å². The van der Waals surface area contributed by atoms with Gasteiger partial charge in [-0.1, -0.05) is 64.3 Å². The van der Waals surface area contributed by atoms with Gasteiger partial charge in [0, 0.05) is 69.5 Å². The fourth-order valence-corrected chi connectivity index (χ4v) is 6.19. The predicted octanol–water partition coefficient (Wildman–Crippen LogP) is 5.18. The molecule has 5 N–H and O–H groups in total. The first kappa shape index (κ1) is 47.7. The number of nitrogens with two attached hydrogens (primary N) is 1. The van der Waals surface area contributed by atoms with Crippen molar-refractivity contribution in [1.82, 2.24) is 26.1 Å². The molecule has 2 fully saturated rings. The summed E-state index contributed by atoms with van der Waals surface area (Å²) in [6.45, 7) is 18.7. The van der Waals surface area contributed by atoms with E-state index in [1.165, 1.54) is 26.2 Å². The van der Waals surface area contributed by atoms with Gasteiger partial charge in [-0.3, -0.25) is 40.1 Å². The van der Waals surface area contributed by atoms with E-state index in [2.05, 4.69) is 41.8 Å². The second-order valence-corrected chi connectivity index (χ2v) is 15.7. The Morgan fingerprint density at radius 3 is 2.27 bits per heavy atom. The highest BCUT2D eigenvalue weighted by Gasteiger charge is 2.23. The number of hydrogen-bond donors (Lipinski definition) is 4. The number of hydrogen-bond acceptors (Lipinski definition) is 11. The monoisotopic (exact) mass is 771 g/mol. The Balaban J connectivity index is 0.000000580. The Labute approximate surface area is 329 Å². The third kappa shape index (κ3) is 18.8. The number of amides is 2. The molecule has 1 saturated heterocycles. The maximum atomic E-state index is 12.5. The van der Waals surface area contributed by atoms with Crippen LogP contribution in [-0.4, -0.2) is 105 Å². The lowest BCUT2D eigenvalue weighted by Gasteiger charge is -2.32. The zero-order chi connectivity index (χ0) is 40.8. The Bertz CT molecular complexity index is 1410. The van der Waals surface area contributed by atoms with Gasteiger partial charge in [0.1, 0.15) is 11.5 Å². The second-order valence-electron chi connectivity index (χ2n) is 15.7. The topological polar surface area (TPSA) is 172 Å². The standard InChI is InChI=1S/C28H46N6O6.C14H24O/c1-5-6-9-23(36)22-8-7-10-24(27(22)21(2)35)40-18-26(38)32-31-11-16-39-20-28(3,4)19-30-25(37)17-33-12-14-34(29)15-13-33;1-4-6-14(15)10-9-11(2)12(3)13-7-5-8-13/h7-8,10,31H,5-6,9,11-20,29H2,1-4H3,(H,30,37)(H,32,38);11H,4-10H2,1-3H3. The summed E-state index contributed by atoms with van der Waals surface area (Å²) in [4.78, 5) is 62.7. The molecular formula is C42H70N6O7. The number of piperazine rings is 1. The number of carbonyl (C=O) groups is 5. The average molecular weight is 771 g/mol. The minimum absolute atomic E-state index is 0.0182. The summed E-state index contributed by atoms with van der Waals surface area (Å²) >= 11 is 0. The van der Waals surface area contributed by atoms with Gasteiger partial charge in [-0.15, -0.1) is 0 Å².